The summed E-state index contributed by atoms with van der Waals surface area (Å²) in [4.78, 5) is 19.8. The Hall–Kier alpha value is -3.62. The van der Waals surface area contributed by atoms with Gasteiger partial charge in [-0.3, -0.25) is 9.36 Å². The van der Waals surface area contributed by atoms with Crippen LogP contribution >= 0.6 is 27.3 Å². The number of thiazole rings is 1. The number of rotatable bonds is 6. The second-order valence-corrected chi connectivity index (χ2v) is 11.2. The van der Waals surface area contributed by atoms with E-state index in [0.717, 1.165) is 45.5 Å². The van der Waals surface area contributed by atoms with Crippen LogP contribution in [0.15, 0.2) is 80.5 Å². The molecule has 1 aromatic heterocycles. The number of fused-ring (bicyclic) bond motifs is 3. The summed E-state index contributed by atoms with van der Waals surface area (Å²) in [5.41, 5.74) is 6.41. The number of benzene rings is 3. The third-order valence-corrected chi connectivity index (χ3v) is 8.71. The highest BCUT2D eigenvalue weighted by Gasteiger charge is 2.32. The van der Waals surface area contributed by atoms with Gasteiger partial charge in [-0.15, -0.1) is 0 Å². The minimum atomic E-state index is -0.237. The molecule has 2 aliphatic rings. The lowest BCUT2D eigenvalue weighted by Crippen LogP contribution is -2.38. The first-order valence-corrected chi connectivity index (χ1v) is 14.4. The molecule has 3 aromatic carbocycles. The molecule has 8 heteroatoms. The van der Waals surface area contributed by atoms with Crippen molar-refractivity contribution >= 4 is 39.0 Å². The molecule has 0 radical (unpaired) electrons. The van der Waals surface area contributed by atoms with Crippen molar-refractivity contribution < 1.29 is 14.2 Å². The average Bonchev–Trinajstić information content (AvgIpc) is 3.26. The van der Waals surface area contributed by atoms with Gasteiger partial charge in [0.15, 0.2) is 16.3 Å². The summed E-state index contributed by atoms with van der Waals surface area (Å²) in [6.07, 6.45) is 3.66. The van der Waals surface area contributed by atoms with Crippen molar-refractivity contribution in [3.63, 3.8) is 0 Å². The molecule has 198 valence electrons. The van der Waals surface area contributed by atoms with Crippen LogP contribution in [0.4, 0.5) is 0 Å². The van der Waals surface area contributed by atoms with Crippen LogP contribution in [0, 0.1) is 0 Å². The van der Waals surface area contributed by atoms with Crippen LogP contribution in [-0.2, 0) is 6.42 Å². The zero-order chi connectivity index (χ0) is 27.1. The Kier molecular flexibility index (Phi) is 6.91. The first-order chi connectivity index (χ1) is 19.0. The standard InChI is InChI=1S/C31H27BrN2O4S/c1-4-38-21-12-9-20(10-13-21)28-23-14-11-19-7-5-6-8-22(19)27(23)33-31-34(28)30(35)26(39-31)17-18-15-24(32)29(37-3)25(16-18)36-2/h5-10,12-13,15-17,28H,4,11,14H2,1-3H3. The van der Waals surface area contributed by atoms with E-state index in [-0.39, 0.29) is 11.6 Å². The molecule has 0 fully saturated rings. The molecule has 1 unspecified atom stereocenters. The molecular weight excluding hydrogens is 576 g/mol. The second kappa shape index (κ2) is 10.5. The van der Waals surface area contributed by atoms with Gasteiger partial charge in [0.1, 0.15) is 5.75 Å². The van der Waals surface area contributed by atoms with E-state index < -0.39 is 0 Å². The maximum absolute atomic E-state index is 14.0. The maximum Gasteiger partial charge on any atom is 0.271 e. The van der Waals surface area contributed by atoms with E-state index in [1.807, 2.05) is 41.8 Å². The molecular formula is C31H27BrN2O4S. The van der Waals surface area contributed by atoms with E-state index >= 15 is 0 Å². The number of allylic oxidation sites excluding steroid dienone is 1. The molecule has 2 heterocycles. The highest BCUT2D eigenvalue weighted by atomic mass is 79.9. The SMILES string of the molecule is CCOc1ccc(C2C3=C(N=c4sc(=Cc5cc(Br)c(OC)c(OC)c5)c(=O)n42)c2ccccc2CC3)cc1. The van der Waals surface area contributed by atoms with Crippen molar-refractivity contribution in [1.29, 1.82) is 0 Å². The van der Waals surface area contributed by atoms with E-state index in [0.29, 0.717) is 27.4 Å². The number of methoxy groups -OCH3 is 2. The third-order valence-electron chi connectivity index (χ3n) is 7.13. The smallest absolute Gasteiger partial charge is 0.271 e. The number of hydrogen-bond acceptors (Lipinski definition) is 6. The fraction of sp³-hybridized carbons (Fsp3) is 0.226. The minimum Gasteiger partial charge on any atom is -0.494 e. The first-order valence-electron chi connectivity index (χ1n) is 12.8. The topological polar surface area (TPSA) is 62.0 Å². The molecule has 0 bridgehead atoms. The molecule has 0 spiro atoms. The van der Waals surface area contributed by atoms with Gasteiger partial charge in [0, 0.05) is 5.56 Å². The Labute approximate surface area is 238 Å². The highest BCUT2D eigenvalue weighted by molar-refractivity contribution is 9.10. The van der Waals surface area contributed by atoms with Gasteiger partial charge in [-0.05, 0) is 88.3 Å². The summed E-state index contributed by atoms with van der Waals surface area (Å²) in [5, 5.41) is 0. The molecule has 6 nitrogen and oxygen atoms in total. The van der Waals surface area contributed by atoms with Gasteiger partial charge in [-0.1, -0.05) is 47.7 Å². The number of aryl methyl sites for hydroxylation is 1. The van der Waals surface area contributed by atoms with Gasteiger partial charge >= 0.3 is 0 Å². The van der Waals surface area contributed by atoms with Crippen molar-refractivity contribution in [3.05, 3.63) is 113 Å². The summed E-state index contributed by atoms with van der Waals surface area (Å²) in [7, 11) is 3.20. The van der Waals surface area contributed by atoms with E-state index in [4.69, 9.17) is 19.2 Å². The number of aromatic nitrogens is 1. The van der Waals surface area contributed by atoms with Crippen LogP contribution in [0.5, 0.6) is 17.2 Å². The predicted molar refractivity (Wildman–Crippen MR) is 158 cm³/mol. The number of halogens is 1. The van der Waals surface area contributed by atoms with E-state index in [9.17, 15) is 4.79 Å². The van der Waals surface area contributed by atoms with Crippen molar-refractivity contribution in [2.24, 2.45) is 4.99 Å². The third kappa shape index (κ3) is 4.51. The maximum atomic E-state index is 14.0. The van der Waals surface area contributed by atoms with Crippen LogP contribution < -0.4 is 29.1 Å². The van der Waals surface area contributed by atoms with Crippen LogP contribution in [0.3, 0.4) is 0 Å². The minimum absolute atomic E-state index is 0.0612. The monoisotopic (exact) mass is 602 g/mol. The van der Waals surface area contributed by atoms with Crippen LogP contribution in [0.1, 0.15) is 41.6 Å². The molecule has 1 atom stereocenters. The molecule has 6 rings (SSSR count). The lowest BCUT2D eigenvalue weighted by Gasteiger charge is -2.30. The number of ether oxygens (including phenoxy) is 3. The first kappa shape index (κ1) is 25.6. The molecule has 4 aromatic rings. The summed E-state index contributed by atoms with van der Waals surface area (Å²) >= 11 is 4.97. The van der Waals surface area contributed by atoms with Gasteiger partial charge < -0.3 is 14.2 Å². The molecule has 0 saturated heterocycles. The van der Waals surface area contributed by atoms with Crippen molar-refractivity contribution in [3.8, 4) is 17.2 Å². The zero-order valence-corrected chi connectivity index (χ0v) is 24.3. The van der Waals surface area contributed by atoms with Crippen LogP contribution in [0.25, 0.3) is 11.8 Å². The summed E-state index contributed by atoms with van der Waals surface area (Å²) < 4.78 is 19.9. The molecule has 0 amide bonds. The van der Waals surface area contributed by atoms with E-state index in [2.05, 4.69) is 52.3 Å². The zero-order valence-electron chi connectivity index (χ0n) is 21.9. The van der Waals surface area contributed by atoms with Gasteiger partial charge in [0.25, 0.3) is 5.56 Å². The number of nitrogens with zero attached hydrogens (tertiary/aromatic N) is 2. The quantitative estimate of drug-likeness (QED) is 0.292. The van der Waals surface area contributed by atoms with Crippen LogP contribution in [0.2, 0.25) is 0 Å². The fourth-order valence-corrected chi connectivity index (χ4v) is 7.03. The fourth-order valence-electron chi connectivity index (χ4n) is 5.41. The Morgan fingerprint density at radius 2 is 1.87 bits per heavy atom. The summed E-state index contributed by atoms with van der Waals surface area (Å²) in [6.45, 7) is 2.58. The van der Waals surface area contributed by atoms with Gasteiger partial charge in [0.05, 0.1) is 41.6 Å². The van der Waals surface area contributed by atoms with Gasteiger partial charge in [-0.25, -0.2) is 4.99 Å². The summed E-state index contributed by atoms with van der Waals surface area (Å²) in [5.74, 6) is 2.01. The molecule has 1 aliphatic heterocycles. The molecule has 0 N–H and O–H groups in total. The van der Waals surface area contributed by atoms with Crippen LogP contribution in [-0.4, -0.2) is 25.4 Å². The van der Waals surface area contributed by atoms with Crippen molar-refractivity contribution in [1.82, 2.24) is 4.57 Å². The average molecular weight is 604 g/mol. The highest BCUT2D eigenvalue weighted by Crippen LogP contribution is 2.41. The predicted octanol–water partition coefficient (Wildman–Crippen LogP) is 5.50. The molecule has 39 heavy (non-hydrogen) atoms. The Morgan fingerprint density at radius 1 is 1.08 bits per heavy atom. The Morgan fingerprint density at radius 3 is 2.62 bits per heavy atom. The normalized spacial score (nSPS) is 16.2. The largest absolute Gasteiger partial charge is 0.494 e. The lowest BCUT2D eigenvalue weighted by molar-refractivity contribution is 0.340. The molecule has 1 aliphatic carbocycles. The van der Waals surface area contributed by atoms with Gasteiger partial charge in [0.2, 0.25) is 0 Å². The van der Waals surface area contributed by atoms with Crippen molar-refractivity contribution in [2.45, 2.75) is 25.8 Å². The molecule has 0 saturated carbocycles. The Bertz CT molecular complexity index is 1790. The number of hydrogen-bond donors (Lipinski definition) is 0. The Balaban J connectivity index is 1.56. The summed E-state index contributed by atoms with van der Waals surface area (Å²) in [6, 6.07) is 20.1. The second-order valence-electron chi connectivity index (χ2n) is 9.35. The van der Waals surface area contributed by atoms with E-state index in [1.165, 1.54) is 22.5 Å². The van der Waals surface area contributed by atoms with E-state index in [1.54, 1.807) is 14.2 Å². The van der Waals surface area contributed by atoms with Crippen molar-refractivity contribution in [2.75, 3.05) is 20.8 Å². The lowest BCUT2D eigenvalue weighted by atomic mass is 9.83. The van der Waals surface area contributed by atoms with Gasteiger partial charge in [-0.2, -0.15) is 0 Å².